The van der Waals surface area contributed by atoms with Gasteiger partial charge in [-0.3, -0.25) is 14.8 Å². The molecule has 2 aliphatic rings. The maximum Gasteiger partial charge on any atom is 0.286 e. The van der Waals surface area contributed by atoms with Crippen LogP contribution in [0.2, 0.25) is 0 Å². The van der Waals surface area contributed by atoms with Crippen molar-refractivity contribution >= 4 is 17.3 Å². The van der Waals surface area contributed by atoms with Gasteiger partial charge in [0.05, 0.1) is 24.6 Å². The molecule has 188 valence electrons. The van der Waals surface area contributed by atoms with Gasteiger partial charge in [0.15, 0.2) is 0 Å². The number of anilines is 2. The van der Waals surface area contributed by atoms with E-state index in [9.17, 15) is 18.7 Å². The van der Waals surface area contributed by atoms with Gasteiger partial charge in [0, 0.05) is 49.1 Å². The van der Waals surface area contributed by atoms with Gasteiger partial charge in [-0.05, 0) is 48.4 Å². The Kier molecular flexibility index (Phi) is 5.98. The molecule has 2 atom stereocenters. The second-order valence-electron chi connectivity index (χ2n) is 9.46. The van der Waals surface area contributed by atoms with Crippen LogP contribution in [0, 0.1) is 6.92 Å². The molecule has 36 heavy (non-hydrogen) atoms. The Morgan fingerprint density at radius 3 is 2.86 bits per heavy atom. The molecule has 0 bridgehead atoms. The van der Waals surface area contributed by atoms with Gasteiger partial charge in [0.25, 0.3) is 11.8 Å². The number of aryl methyl sites for hydroxylation is 1. The number of alkyl halides is 2. The highest BCUT2D eigenvalue weighted by molar-refractivity contribution is 6.04. The number of hydrogen-bond donors (Lipinski definition) is 3. The first-order valence-electron chi connectivity index (χ1n) is 11.6. The Morgan fingerprint density at radius 2 is 2.08 bits per heavy atom. The fourth-order valence-corrected chi connectivity index (χ4v) is 4.78. The number of nitrogens with one attached hydrogen (secondary N) is 1. The summed E-state index contributed by atoms with van der Waals surface area (Å²) in [6, 6.07) is 9.84. The lowest BCUT2D eigenvalue weighted by molar-refractivity contribution is 0.0127. The lowest BCUT2D eigenvalue weighted by atomic mass is 9.90. The summed E-state index contributed by atoms with van der Waals surface area (Å²) in [6.45, 7) is 4.10. The van der Waals surface area contributed by atoms with Gasteiger partial charge in [-0.2, -0.15) is 8.78 Å². The van der Waals surface area contributed by atoms with Crippen LogP contribution in [0.3, 0.4) is 0 Å². The van der Waals surface area contributed by atoms with E-state index in [-0.39, 0.29) is 5.56 Å². The third-order valence-electron chi connectivity index (χ3n) is 6.68. The number of hydrogen-bond acceptors (Lipinski definition) is 7. The Morgan fingerprint density at radius 1 is 1.28 bits per heavy atom. The van der Waals surface area contributed by atoms with Crippen LogP contribution in [-0.4, -0.2) is 46.4 Å². The van der Waals surface area contributed by atoms with Crippen molar-refractivity contribution in [1.82, 2.24) is 9.97 Å². The highest BCUT2D eigenvalue weighted by atomic mass is 19.3. The minimum absolute atomic E-state index is 0.0830. The number of rotatable bonds is 4. The number of aliphatic hydroxyl groups excluding tert-OH is 1. The molecule has 5 rings (SSSR count). The summed E-state index contributed by atoms with van der Waals surface area (Å²) in [5.41, 5.74) is 9.78. The number of carbonyl (C=O) groups is 1. The SMILES string of the molecule is Cc1ccc(NC(=O)c2ccnc(C(C)(F)F)c2)cc1-c1cnc2c(c1)N1CCOCC1(N)CC2O. The zero-order chi connectivity index (χ0) is 25.7. The van der Waals surface area contributed by atoms with Crippen LogP contribution < -0.4 is 16.0 Å². The van der Waals surface area contributed by atoms with Crippen molar-refractivity contribution in [3.8, 4) is 11.1 Å². The van der Waals surface area contributed by atoms with E-state index in [0.29, 0.717) is 37.6 Å². The summed E-state index contributed by atoms with van der Waals surface area (Å²) < 4.78 is 32.9. The second-order valence-corrected chi connectivity index (χ2v) is 9.46. The number of halogens is 2. The molecule has 0 aliphatic carbocycles. The van der Waals surface area contributed by atoms with Gasteiger partial charge in [-0.25, -0.2) is 0 Å². The molecule has 10 heteroatoms. The van der Waals surface area contributed by atoms with Crippen LogP contribution in [0.5, 0.6) is 0 Å². The molecule has 2 aromatic heterocycles. The van der Waals surface area contributed by atoms with Crippen LogP contribution in [0.4, 0.5) is 20.2 Å². The Bertz CT molecular complexity index is 1330. The summed E-state index contributed by atoms with van der Waals surface area (Å²) >= 11 is 0. The number of pyridine rings is 2. The van der Waals surface area contributed by atoms with Gasteiger partial charge in [0.1, 0.15) is 17.5 Å². The Hall–Kier alpha value is -3.47. The second kappa shape index (κ2) is 8.88. The molecule has 4 heterocycles. The molecule has 2 aliphatic heterocycles. The first kappa shape index (κ1) is 24.2. The molecule has 1 aromatic carbocycles. The van der Waals surface area contributed by atoms with Gasteiger partial charge < -0.3 is 25.8 Å². The van der Waals surface area contributed by atoms with Gasteiger partial charge in [-0.15, -0.1) is 0 Å². The topological polar surface area (TPSA) is 114 Å². The quantitative estimate of drug-likeness (QED) is 0.505. The van der Waals surface area contributed by atoms with Crippen molar-refractivity contribution in [2.75, 3.05) is 30.0 Å². The van der Waals surface area contributed by atoms with Crippen molar-refractivity contribution in [3.63, 3.8) is 0 Å². The third kappa shape index (κ3) is 4.43. The maximum atomic E-state index is 13.6. The number of ether oxygens (including phenoxy) is 1. The minimum atomic E-state index is -3.15. The summed E-state index contributed by atoms with van der Waals surface area (Å²) in [5.74, 6) is -3.67. The first-order chi connectivity index (χ1) is 17.0. The van der Waals surface area contributed by atoms with Gasteiger partial charge >= 0.3 is 0 Å². The molecule has 4 N–H and O–H groups in total. The largest absolute Gasteiger partial charge is 0.387 e. The van der Waals surface area contributed by atoms with E-state index in [1.807, 2.05) is 24.0 Å². The average molecular weight is 496 g/mol. The lowest BCUT2D eigenvalue weighted by Crippen LogP contribution is -2.65. The first-order valence-corrected chi connectivity index (χ1v) is 11.6. The lowest BCUT2D eigenvalue weighted by Gasteiger charge is -2.50. The summed E-state index contributed by atoms with van der Waals surface area (Å²) in [5, 5.41) is 13.5. The number of carbonyl (C=O) groups excluding carboxylic acids is 1. The van der Waals surface area contributed by atoms with Crippen molar-refractivity contribution in [2.24, 2.45) is 5.73 Å². The van der Waals surface area contributed by atoms with E-state index in [1.54, 1.807) is 18.3 Å². The number of morpholine rings is 1. The zero-order valence-corrected chi connectivity index (χ0v) is 20.0. The molecule has 0 saturated carbocycles. The molecule has 2 unspecified atom stereocenters. The van der Waals surface area contributed by atoms with Crippen molar-refractivity contribution in [2.45, 2.75) is 38.0 Å². The van der Waals surface area contributed by atoms with Crippen molar-refractivity contribution in [1.29, 1.82) is 0 Å². The van der Waals surface area contributed by atoms with Crippen LogP contribution >= 0.6 is 0 Å². The number of nitrogens with zero attached hydrogens (tertiary/aromatic N) is 3. The van der Waals surface area contributed by atoms with Crippen LogP contribution in [0.15, 0.2) is 48.8 Å². The molecule has 1 amide bonds. The van der Waals surface area contributed by atoms with Gasteiger partial charge in [0.2, 0.25) is 0 Å². The number of nitrogens with two attached hydrogens (primary N) is 1. The molecule has 0 radical (unpaired) electrons. The van der Waals surface area contributed by atoms with E-state index >= 15 is 0 Å². The highest BCUT2D eigenvalue weighted by Crippen LogP contribution is 2.42. The van der Waals surface area contributed by atoms with E-state index in [1.165, 1.54) is 12.3 Å². The van der Waals surface area contributed by atoms with Crippen molar-refractivity contribution < 1.29 is 23.4 Å². The van der Waals surface area contributed by atoms with E-state index in [4.69, 9.17) is 10.5 Å². The molecule has 3 aromatic rings. The summed E-state index contributed by atoms with van der Waals surface area (Å²) in [6.07, 6.45) is 2.41. The normalized spacial score (nSPS) is 21.5. The third-order valence-corrected chi connectivity index (χ3v) is 6.68. The summed E-state index contributed by atoms with van der Waals surface area (Å²) in [7, 11) is 0. The number of aliphatic hydroxyl groups is 1. The number of aromatic nitrogens is 2. The summed E-state index contributed by atoms with van der Waals surface area (Å²) in [4.78, 5) is 23.1. The predicted octanol–water partition coefficient (Wildman–Crippen LogP) is 3.74. The van der Waals surface area contributed by atoms with E-state index < -0.39 is 29.3 Å². The van der Waals surface area contributed by atoms with Crippen LogP contribution in [0.25, 0.3) is 11.1 Å². The molecule has 0 spiro atoms. The molecule has 1 fully saturated rings. The number of amides is 1. The number of benzene rings is 1. The fraction of sp³-hybridized carbons (Fsp3) is 0.346. The molecular formula is C26H27F2N5O3. The zero-order valence-electron chi connectivity index (χ0n) is 20.0. The van der Waals surface area contributed by atoms with E-state index in [0.717, 1.165) is 35.4 Å². The average Bonchev–Trinajstić information content (AvgIpc) is 2.84. The smallest absolute Gasteiger partial charge is 0.286 e. The van der Waals surface area contributed by atoms with Crippen molar-refractivity contribution in [3.05, 3.63) is 71.3 Å². The van der Waals surface area contributed by atoms with E-state index in [2.05, 4.69) is 15.3 Å². The highest BCUT2D eigenvalue weighted by Gasteiger charge is 2.44. The van der Waals surface area contributed by atoms with Gasteiger partial charge in [-0.1, -0.05) is 6.07 Å². The monoisotopic (exact) mass is 495 g/mol. The minimum Gasteiger partial charge on any atom is -0.387 e. The van der Waals surface area contributed by atoms with Crippen LogP contribution in [-0.2, 0) is 10.7 Å². The predicted molar refractivity (Wildman–Crippen MR) is 131 cm³/mol. The number of fused-ring (bicyclic) bond motifs is 3. The Balaban J connectivity index is 1.46. The molecular weight excluding hydrogens is 468 g/mol. The standard InChI is InChI=1S/C26H27F2N5O3/c1-15-3-4-18(32-24(35)16-5-6-30-22(10-16)25(2,27)28)11-19(15)17-9-20-23(31-13-17)21(34)12-26(29)14-36-8-7-33(20)26/h3-6,9-11,13,21,34H,7-8,12,14,29H2,1-2H3,(H,32,35). The molecule has 1 saturated heterocycles. The van der Waals surface area contributed by atoms with Crippen LogP contribution in [0.1, 0.15) is 46.8 Å². The fourth-order valence-electron chi connectivity index (χ4n) is 4.78. The maximum absolute atomic E-state index is 13.6. The molecule has 8 nitrogen and oxygen atoms in total. The Labute approximate surface area is 207 Å².